The van der Waals surface area contributed by atoms with Crippen molar-refractivity contribution in [1.29, 1.82) is 0 Å². The van der Waals surface area contributed by atoms with Crippen LogP contribution in [0.2, 0.25) is 0 Å². The first-order valence-corrected chi connectivity index (χ1v) is 23.9. The van der Waals surface area contributed by atoms with Gasteiger partial charge in [-0.1, -0.05) is 179 Å². The number of esters is 2. The largest absolute Gasteiger partial charge is 0.479 e. The number of allylic oxidation sites excluding steroid dienone is 4. The quantitative estimate of drug-likeness (QED) is 0.0263. The zero-order chi connectivity index (χ0) is 43.2. The van der Waals surface area contributed by atoms with Crippen LogP contribution in [0.5, 0.6) is 0 Å². The third-order valence-electron chi connectivity index (χ3n) is 11.1. The average molecular weight is 839 g/mol. The second kappa shape index (κ2) is 38.6. The Morgan fingerprint density at radius 2 is 0.949 bits per heavy atom. The van der Waals surface area contributed by atoms with E-state index in [0.29, 0.717) is 12.8 Å². The molecule has 1 rings (SSSR count). The highest BCUT2D eigenvalue weighted by molar-refractivity contribution is 5.73. The molecule has 344 valence electrons. The highest BCUT2D eigenvalue weighted by Crippen LogP contribution is 2.23. The molecule has 0 aliphatic carbocycles. The molecule has 1 heterocycles. The van der Waals surface area contributed by atoms with Gasteiger partial charge in [0.15, 0.2) is 18.5 Å². The number of carbonyl (C=O) groups is 3. The molecule has 0 bridgehead atoms. The van der Waals surface area contributed by atoms with E-state index in [1.54, 1.807) is 0 Å². The zero-order valence-electron chi connectivity index (χ0n) is 37.3. The Hall–Kier alpha value is -2.31. The first kappa shape index (κ1) is 54.7. The van der Waals surface area contributed by atoms with E-state index in [4.69, 9.17) is 18.9 Å². The molecule has 0 aromatic heterocycles. The molecule has 1 aliphatic heterocycles. The molecule has 1 fully saturated rings. The van der Waals surface area contributed by atoms with Crippen molar-refractivity contribution in [2.75, 3.05) is 13.2 Å². The van der Waals surface area contributed by atoms with Gasteiger partial charge in [0.25, 0.3) is 0 Å². The summed E-state index contributed by atoms with van der Waals surface area (Å²) in [5.41, 5.74) is 0. The van der Waals surface area contributed by atoms with Crippen LogP contribution in [-0.4, -0.2) is 88.4 Å². The Balaban J connectivity index is 2.34. The van der Waals surface area contributed by atoms with E-state index in [0.717, 1.165) is 51.4 Å². The lowest BCUT2D eigenvalue weighted by atomic mass is 9.99. The van der Waals surface area contributed by atoms with Gasteiger partial charge in [0.2, 0.25) is 0 Å². The molecule has 6 unspecified atom stereocenters. The average Bonchev–Trinajstić information content (AvgIpc) is 3.22. The fourth-order valence-corrected chi connectivity index (χ4v) is 7.26. The monoisotopic (exact) mass is 839 g/mol. The molecular formula is C48H86O11. The molecule has 59 heavy (non-hydrogen) atoms. The van der Waals surface area contributed by atoms with Crippen LogP contribution in [-0.2, 0) is 33.3 Å². The highest BCUT2D eigenvalue weighted by Gasteiger charge is 2.47. The number of carboxylic acids is 1. The van der Waals surface area contributed by atoms with Crippen LogP contribution >= 0.6 is 0 Å². The van der Waals surface area contributed by atoms with Crippen LogP contribution in [0.15, 0.2) is 24.3 Å². The molecule has 6 atom stereocenters. The van der Waals surface area contributed by atoms with E-state index in [2.05, 4.69) is 38.2 Å². The summed E-state index contributed by atoms with van der Waals surface area (Å²) >= 11 is 0. The molecule has 11 nitrogen and oxygen atoms in total. The van der Waals surface area contributed by atoms with Gasteiger partial charge in [0.05, 0.1) is 6.61 Å². The van der Waals surface area contributed by atoms with Gasteiger partial charge < -0.3 is 39.4 Å². The maximum absolute atomic E-state index is 12.8. The van der Waals surface area contributed by atoms with Crippen molar-refractivity contribution >= 4 is 17.9 Å². The predicted molar refractivity (Wildman–Crippen MR) is 234 cm³/mol. The zero-order valence-corrected chi connectivity index (χ0v) is 37.3. The minimum Gasteiger partial charge on any atom is -0.479 e. The van der Waals surface area contributed by atoms with Crippen LogP contribution in [0, 0.1) is 0 Å². The number of ether oxygens (including phenoxy) is 4. The van der Waals surface area contributed by atoms with Gasteiger partial charge in [-0.2, -0.15) is 0 Å². The normalized spacial score (nSPS) is 20.1. The Morgan fingerprint density at radius 3 is 1.42 bits per heavy atom. The van der Waals surface area contributed by atoms with Crippen molar-refractivity contribution in [1.82, 2.24) is 0 Å². The molecule has 4 N–H and O–H groups in total. The van der Waals surface area contributed by atoms with E-state index in [-0.39, 0.29) is 26.1 Å². The number of hydrogen-bond donors (Lipinski definition) is 4. The van der Waals surface area contributed by atoms with E-state index in [1.165, 1.54) is 122 Å². The molecule has 0 spiro atoms. The first-order chi connectivity index (χ1) is 28.7. The van der Waals surface area contributed by atoms with Gasteiger partial charge in [-0.05, 0) is 44.9 Å². The molecule has 0 radical (unpaired) electrons. The van der Waals surface area contributed by atoms with E-state index >= 15 is 0 Å². The number of rotatable bonds is 40. The summed E-state index contributed by atoms with van der Waals surface area (Å²) in [6.07, 6.45) is 33.6. The number of carbonyl (C=O) groups excluding carboxylic acids is 2. The van der Waals surface area contributed by atoms with Gasteiger partial charge in [0.1, 0.15) is 24.9 Å². The fraction of sp³-hybridized carbons (Fsp3) is 0.854. The minimum atomic E-state index is -1.86. The molecule has 0 saturated carbocycles. The van der Waals surface area contributed by atoms with Crippen molar-refractivity contribution in [3.8, 4) is 0 Å². The number of aliphatic hydroxyl groups excluding tert-OH is 3. The molecule has 1 aliphatic rings. The van der Waals surface area contributed by atoms with Crippen LogP contribution in [0.3, 0.4) is 0 Å². The summed E-state index contributed by atoms with van der Waals surface area (Å²) < 4.78 is 21.8. The SMILES string of the molecule is CCCCCC/C=C\C/C=C\CCCCCCCCCC(=O)OCC(COC1OC(C(=O)O)C(O)C(O)C1O)OC(=O)CCCCCCCCCCCCCCCCC. The lowest BCUT2D eigenvalue weighted by molar-refractivity contribution is -0.298. The van der Waals surface area contributed by atoms with Gasteiger partial charge in [-0.25, -0.2) is 4.79 Å². The summed E-state index contributed by atoms with van der Waals surface area (Å²) in [4.78, 5) is 36.9. The lowest BCUT2D eigenvalue weighted by Gasteiger charge is -2.38. The van der Waals surface area contributed by atoms with Gasteiger partial charge in [0, 0.05) is 12.8 Å². The number of unbranched alkanes of at least 4 members (excludes halogenated alkanes) is 25. The maximum Gasteiger partial charge on any atom is 0.335 e. The maximum atomic E-state index is 12.8. The highest BCUT2D eigenvalue weighted by atomic mass is 16.7. The summed E-state index contributed by atoms with van der Waals surface area (Å²) in [5, 5.41) is 39.8. The van der Waals surface area contributed by atoms with Crippen LogP contribution in [0.25, 0.3) is 0 Å². The summed E-state index contributed by atoms with van der Waals surface area (Å²) in [6, 6.07) is 0. The second-order valence-corrected chi connectivity index (χ2v) is 16.6. The minimum absolute atomic E-state index is 0.185. The molecular weight excluding hydrogens is 753 g/mol. The smallest absolute Gasteiger partial charge is 0.335 e. The number of aliphatic hydroxyl groups is 3. The third-order valence-corrected chi connectivity index (χ3v) is 11.1. The number of carboxylic acid groups (broad SMARTS) is 1. The van der Waals surface area contributed by atoms with Crippen molar-refractivity contribution in [3.63, 3.8) is 0 Å². The van der Waals surface area contributed by atoms with Gasteiger partial charge in [-0.3, -0.25) is 9.59 Å². The summed E-state index contributed by atoms with van der Waals surface area (Å²) in [7, 11) is 0. The van der Waals surface area contributed by atoms with Gasteiger partial charge >= 0.3 is 17.9 Å². The Kier molecular flexibility index (Phi) is 35.8. The summed E-state index contributed by atoms with van der Waals surface area (Å²) in [6.45, 7) is 3.81. The Bertz CT molecular complexity index is 1080. The number of aliphatic carboxylic acids is 1. The standard InChI is InChI=1S/C48H86O11/c1-3-5-7-9-11-13-15-17-19-20-21-23-24-26-28-30-32-34-36-41(49)56-38-40(39-57-48-45(53)43(51)44(52)46(59-48)47(54)55)58-42(50)37-35-33-31-29-27-25-22-18-16-14-12-10-8-6-4-2/h13,15,19-20,40,43-46,48,51-53H,3-12,14,16-18,21-39H2,1-2H3,(H,54,55)/b15-13-,20-19-. The fourth-order valence-electron chi connectivity index (χ4n) is 7.26. The molecule has 11 heteroatoms. The van der Waals surface area contributed by atoms with Crippen molar-refractivity contribution in [2.24, 2.45) is 0 Å². The van der Waals surface area contributed by atoms with Gasteiger partial charge in [-0.15, -0.1) is 0 Å². The molecule has 0 amide bonds. The van der Waals surface area contributed by atoms with Crippen molar-refractivity contribution < 1.29 is 53.8 Å². The number of hydrogen-bond acceptors (Lipinski definition) is 10. The second-order valence-electron chi connectivity index (χ2n) is 16.6. The Labute approximate surface area is 358 Å². The van der Waals surface area contributed by atoms with Crippen LogP contribution in [0.4, 0.5) is 0 Å². The Morgan fingerprint density at radius 1 is 0.525 bits per heavy atom. The topological polar surface area (TPSA) is 169 Å². The first-order valence-electron chi connectivity index (χ1n) is 23.9. The lowest BCUT2D eigenvalue weighted by Crippen LogP contribution is -2.60. The predicted octanol–water partition coefficient (Wildman–Crippen LogP) is 10.6. The van der Waals surface area contributed by atoms with Crippen molar-refractivity contribution in [3.05, 3.63) is 24.3 Å². The van der Waals surface area contributed by atoms with E-state index in [1.807, 2.05) is 0 Å². The summed E-state index contributed by atoms with van der Waals surface area (Å²) in [5.74, 6) is -2.44. The van der Waals surface area contributed by atoms with Crippen molar-refractivity contribution in [2.45, 2.75) is 250 Å². The third kappa shape index (κ3) is 30.4. The van der Waals surface area contributed by atoms with E-state index in [9.17, 15) is 34.8 Å². The molecule has 0 aromatic carbocycles. The van der Waals surface area contributed by atoms with E-state index < -0.39 is 54.7 Å². The molecule has 1 saturated heterocycles. The van der Waals surface area contributed by atoms with Crippen LogP contribution in [0.1, 0.15) is 213 Å². The molecule has 0 aromatic rings. The van der Waals surface area contributed by atoms with Crippen LogP contribution < -0.4 is 0 Å².